The van der Waals surface area contributed by atoms with Crippen LogP contribution in [0.1, 0.15) is 10.4 Å². The lowest BCUT2D eigenvalue weighted by Gasteiger charge is -2.29. The number of aromatic nitrogens is 2. The maximum Gasteiger partial charge on any atom is 0.415 e. The Balaban J connectivity index is 1.33. The fourth-order valence-corrected chi connectivity index (χ4v) is 4.00. The van der Waals surface area contributed by atoms with E-state index in [1.54, 1.807) is 47.6 Å². The van der Waals surface area contributed by atoms with Crippen molar-refractivity contribution in [3.8, 4) is 11.8 Å². The quantitative estimate of drug-likeness (QED) is 0.585. The van der Waals surface area contributed by atoms with E-state index >= 15 is 0 Å². The number of nitrogens with zero attached hydrogens (tertiary/aromatic N) is 4. The van der Waals surface area contributed by atoms with Gasteiger partial charge in [-0.25, -0.2) is 19.2 Å². The molecule has 2 saturated heterocycles. The number of carbonyl (C=O) groups excluding carboxylic acids is 2. The second-order valence-corrected chi connectivity index (χ2v) is 8.05. The van der Waals surface area contributed by atoms with Crippen LogP contribution in [0.25, 0.3) is 0 Å². The third kappa shape index (κ3) is 4.53. The summed E-state index contributed by atoms with van der Waals surface area (Å²) in [6, 6.07) is 14.2. The molecule has 9 nitrogen and oxygen atoms in total. The molecule has 2 aliphatic heterocycles. The van der Waals surface area contributed by atoms with Crippen molar-refractivity contribution in [3.63, 3.8) is 0 Å². The molecule has 2 amide bonds. The summed E-state index contributed by atoms with van der Waals surface area (Å²) in [6.07, 6.45) is 2.56. The number of benzene rings is 2. The minimum Gasteiger partial charge on any atom is -0.436 e. The van der Waals surface area contributed by atoms with Crippen molar-refractivity contribution in [2.45, 2.75) is 5.60 Å². The lowest BCUT2D eigenvalue weighted by atomic mass is 10.0. The zero-order valence-corrected chi connectivity index (χ0v) is 18.1. The van der Waals surface area contributed by atoms with Gasteiger partial charge in [-0.15, -0.1) is 0 Å². The zero-order valence-electron chi connectivity index (χ0n) is 18.1. The summed E-state index contributed by atoms with van der Waals surface area (Å²) in [7, 11) is 0. The molecule has 1 atom stereocenters. The van der Waals surface area contributed by atoms with Gasteiger partial charge in [0.25, 0.3) is 5.91 Å². The number of carbonyl (C=O) groups is 2. The van der Waals surface area contributed by atoms with Gasteiger partial charge < -0.3 is 19.1 Å². The molecular formula is C24H21FN4O5. The van der Waals surface area contributed by atoms with E-state index in [4.69, 9.17) is 14.2 Å². The van der Waals surface area contributed by atoms with Crippen molar-refractivity contribution in [1.29, 1.82) is 0 Å². The van der Waals surface area contributed by atoms with Crippen molar-refractivity contribution in [2.75, 3.05) is 37.7 Å². The molecule has 34 heavy (non-hydrogen) atoms. The van der Waals surface area contributed by atoms with Crippen LogP contribution >= 0.6 is 0 Å². The van der Waals surface area contributed by atoms with Crippen molar-refractivity contribution in [1.82, 2.24) is 14.9 Å². The molecule has 0 radical (unpaired) electrons. The van der Waals surface area contributed by atoms with E-state index in [1.807, 2.05) is 0 Å². The number of ether oxygens (including phenoxy) is 3. The van der Waals surface area contributed by atoms with Crippen molar-refractivity contribution >= 4 is 17.7 Å². The highest BCUT2D eigenvalue weighted by Gasteiger charge is 2.49. The van der Waals surface area contributed by atoms with Crippen LogP contribution in [-0.4, -0.2) is 65.3 Å². The first-order valence-electron chi connectivity index (χ1n) is 10.7. The van der Waals surface area contributed by atoms with Gasteiger partial charge >= 0.3 is 12.1 Å². The van der Waals surface area contributed by atoms with Crippen molar-refractivity contribution < 1.29 is 28.2 Å². The van der Waals surface area contributed by atoms with Crippen LogP contribution in [0, 0.1) is 5.82 Å². The van der Waals surface area contributed by atoms with Gasteiger partial charge in [-0.3, -0.25) is 9.69 Å². The van der Waals surface area contributed by atoms with E-state index in [1.165, 1.54) is 29.2 Å². The highest BCUT2D eigenvalue weighted by molar-refractivity contribution is 5.95. The summed E-state index contributed by atoms with van der Waals surface area (Å²) >= 11 is 0. The van der Waals surface area contributed by atoms with Crippen LogP contribution in [0.5, 0.6) is 11.8 Å². The zero-order chi connectivity index (χ0) is 23.5. The van der Waals surface area contributed by atoms with Crippen LogP contribution in [-0.2, 0) is 9.47 Å². The molecule has 2 fully saturated rings. The summed E-state index contributed by atoms with van der Waals surface area (Å²) in [5.41, 5.74) is -0.118. The number of amides is 2. The van der Waals surface area contributed by atoms with E-state index < -0.39 is 17.5 Å². The molecule has 2 aromatic carbocycles. The largest absolute Gasteiger partial charge is 0.436 e. The minimum atomic E-state index is -1.04. The molecule has 174 valence electrons. The molecular weight excluding hydrogens is 443 g/mol. The Morgan fingerprint density at radius 2 is 1.85 bits per heavy atom. The Morgan fingerprint density at radius 3 is 2.65 bits per heavy atom. The molecule has 1 aromatic heterocycles. The molecule has 0 saturated carbocycles. The van der Waals surface area contributed by atoms with Gasteiger partial charge in [0.2, 0.25) is 0 Å². The number of anilines is 1. The predicted octanol–water partition coefficient (Wildman–Crippen LogP) is 3.28. The molecule has 3 heterocycles. The number of rotatable bonds is 4. The van der Waals surface area contributed by atoms with Crippen LogP contribution in [0.15, 0.2) is 67.0 Å². The Bertz CT molecular complexity index is 1190. The Morgan fingerprint density at radius 1 is 1.06 bits per heavy atom. The van der Waals surface area contributed by atoms with Gasteiger partial charge in [0.1, 0.15) is 11.6 Å². The standard InChI is InChI=1S/C24H21FN4O5/c25-18-5-7-19(8-6-18)29-15-24(34-23(29)31)14-28(11-12-32-16-24)21(30)17-3-1-4-20(13-17)33-22-26-9-2-10-27-22/h1-10,13H,11-12,14-16H2/t24-/m0/s1. The minimum absolute atomic E-state index is 0.148. The molecule has 0 unspecified atom stereocenters. The lowest BCUT2D eigenvalue weighted by Crippen LogP contribution is -2.49. The van der Waals surface area contributed by atoms with Crippen molar-refractivity contribution in [2.24, 2.45) is 0 Å². The predicted molar refractivity (Wildman–Crippen MR) is 118 cm³/mol. The number of hydrogen-bond acceptors (Lipinski definition) is 7. The van der Waals surface area contributed by atoms with Crippen LogP contribution < -0.4 is 9.64 Å². The summed E-state index contributed by atoms with van der Waals surface area (Å²) in [5.74, 6) is -0.223. The summed E-state index contributed by atoms with van der Waals surface area (Å²) in [6.45, 7) is 1.11. The Labute approximate surface area is 194 Å². The van der Waals surface area contributed by atoms with Gasteiger partial charge in [-0.1, -0.05) is 6.07 Å². The van der Waals surface area contributed by atoms with E-state index in [2.05, 4.69) is 9.97 Å². The average molecular weight is 464 g/mol. The van der Waals surface area contributed by atoms with Gasteiger partial charge in [-0.2, -0.15) is 0 Å². The van der Waals surface area contributed by atoms with E-state index in [-0.39, 0.29) is 31.6 Å². The Kier molecular flexibility index (Phi) is 5.81. The normalized spacial score (nSPS) is 20.2. The first-order valence-corrected chi connectivity index (χ1v) is 10.7. The van der Waals surface area contributed by atoms with Crippen LogP contribution in [0.4, 0.5) is 14.9 Å². The molecule has 10 heteroatoms. The fraction of sp³-hybridized carbons (Fsp3) is 0.250. The van der Waals surface area contributed by atoms with E-state index in [0.717, 1.165) is 0 Å². The smallest absolute Gasteiger partial charge is 0.415 e. The number of hydrogen-bond donors (Lipinski definition) is 0. The molecule has 0 aliphatic carbocycles. The van der Waals surface area contributed by atoms with Crippen LogP contribution in [0.3, 0.4) is 0 Å². The molecule has 1 spiro atoms. The lowest BCUT2D eigenvalue weighted by molar-refractivity contribution is -0.0140. The third-order valence-corrected chi connectivity index (χ3v) is 5.58. The monoisotopic (exact) mass is 464 g/mol. The summed E-state index contributed by atoms with van der Waals surface area (Å²) < 4.78 is 30.4. The maximum absolute atomic E-state index is 13.4. The highest BCUT2D eigenvalue weighted by Crippen LogP contribution is 2.31. The highest BCUT2D eigenvalue weighted by atomic mass is 19.1. The fourth-order valence-electron chi connectivity index (χ4n) is 4.00. The second-order valence-electron chi connectivity index (χ2n) is 8.05. The molecule has 5 rings (SSSR count). The van der Waals surface area contributed by atoms with Gasteiger partial charge in [0, 0.05) is 30.2 Å². The van der Waals surface area contributed by atoms with Crippen molar-refractivity contribution in [3.05, 3.63) is 78.4 Å². The van der Waals surface area contributed by atoms with Gasteiger partial charge in [-0.05, 0) is 48.5 Å². The summed E-state index contributed by atoms with van der Waals surface area (Å²) in [5, 5.41) is 0. The molecule has 0 bridgehead atoms. The van der Waals surface area contributed by atoms with E-state index in [9.17, 15) is 14.0 Å². The second kappa shape index (κ2) is 9.06. The topological polar surface area (TPSA) is 94.1 Å². The summed E-state index contributed by atoms with van der Waals surface area (Å²) in [4.78, 5) is 37.1. The average Bonchev–Trinajstić information content (AvgIpc) is 3.03. The first kappa shape index (κ1) is 21.8. The molecule has 0 N–H and O–H groups in total. The van der Waals surface area contributed by atoms with E-state index in [0.29, 0.717) is 30.2 Å². The number of halogens is 1. The molecule has 2 aliphatic rings. The van der Waals surface area contributed by atoms with Gasteiger partial charge in [0.05, 0.1) is 26.3 Å². The first-order chi connectivity index (χ1) is 16.5. The third-order valence-electron chi connectivity index (χ3n) is 5.58. The van der Waals surface area contributed by atoms with Crippen LogP contribution in [0.2, 0.25) is 0 Å². The maximum atomic E-state index is 13.4. The SMILES string of the molecule is O=C(c1cccc(Oc2ncccn2)c1)N1CCOC[C@]2(C1)CN(c1ccc(F)cc1)C(=O)O2. The van der Waals surface area contributed by atoms with Gasteiger partial charge in [0.15, 0.2) is 5.60 Å². The Hall–Kier alpha value is -4.05. The molecule has 3 aromatic rings.